The zero-order chi connectivity index (χ0) is 12.3. The van der Waals surface area contributed by atoms with Crippen LogP contribution in [0.4, 0.5) is 0 Å². The second-order valence-electron chi connectivity index (χ2n) is 5.24. The number of carboxylic acid groups (broad SMARTS) is 1. The molecule has 1 N–H and O–H groups in total. The molecule has 2 fully saturated rings. The number of carbonyl (C=O) groups is 2. The lowest BCUT2D eigenvalue weighted by molar-refractivity contribution is -0.138. The molecule has 1 aliphatic carbocycles. The molecule has 1 saturated heterocycles. The molecular weight excluding hydrogens is 218 g/mol. The Morgan fingerprint density at radius 1 is 1.24 bits per heavy atom. The number of likely N-dealkylation sites (tertiary alicyclic amines) is 1. The zero-order valence-corrected chi connectivity index (χ0v) is 10.2. The number of nitrogens with zero attached hydrogens (tertiary/aromatic N) is 1. The van der Waals surface area contributed by atoms with Crippen molar-refractivity contribution in [1.29, 1.82) is 0 Å². The van der Waals surface area contributed by atoms with Crippen LogP contribution in [0.25, 0.3) is 0 Å². The third-order valence-electron chi connectivity index (χ3n) is 4.07. The van der Waals surface area contributed by atoms with Gasteiger partial charge in [0.1, 0.15) is 0 Å². The summed E-state index contributed by atoms with van der Waals surface area (Å²) in [5.74, 6) is -0.625. The predicted octanol–water partition coefficient (Wildman–Crippen LogP) is 2.03. The van der Waals surface area contributed by atoms with Crippen molar-refractivity contribution in [2.75, 3.05) is 6.54 Å². The zero-order valence-electron chi connectivity index (χ0n) is 10.2. The molecule has 0 spiro atoms. The molecule has 4 nitrogen and oxygen atoms in total. The van der Waals surface area contributed by atoms with E-state index < -0.39 is 5.97 Å². The first-order valence-electron chi connectivity index (χ1n) is 6.71. The topological polar surface area (TPSA) is 57.6 Å². The summed E-state index contributed by atoms with van der Waals surface area (Å²) in [6, 6.07) is 0.436. The van der Waals surface area contributed by atoms with E-state index in [4.69, 9.17) is 5.11 Å². The molecule has 0 aromatic rings. The van der Waals surface area contributed by atoms with Crippen molar-refractivity contribution in [2.24, 2.45) is 5.92 Å². The van der Waals surface area contributed by atoms with Crippen LogP contribution in [0.5, 0.6) is 0 Å². The molecule has 1 saturated carbocycles. The first-order chi connectivity index (χ1) is 8.18. The molecule has 0 aromatic heterocycles. The van der Waals surface area contributed by atoms with Gasteiger partial charge in [-0.3, -0.25) is 9.59 Å². The Bertz CT molecular complexity index is 297. The molecule has 1 aliphatic heterocycles. The van der Waals surface area contributed by atoms with Gasteiger partial charge in [0.15, 0.2) is 0 Å². The summed E-state index contributed by atoms with van der Waals surface area (Å²) in [5, 5.41) is 8.65. The minimum absolute atomic E-state index is 0.0342. The van der Waals surface area contributed by atoms with E-state index in [1.54, 1.807) is 0 Å². The molecule has 1 heterocycles. The monoisotopic (exact) mass is 239 g/mol. The van der Waals surface area contributed by atoms with Crippen molar-refractivity contribution >= 4 is 11.9 Å². The fourth-order valence-corrected chi connectivity index (χ4v) is 3.08. The van der Waals surface area contributed by atoms with Gasteiger partial charge in [-0.25, -0.2) is 0 Å². The number of hydrogen-bond acceptors (Lipinski definition) is 2. The molecule has 17 heavy (non-hydrogen) atoms. The maximum atomic E-state index is 12.2. The highest BCUT2D eigenvalue weighted by Crippen LogP contribution is 2.30. The molecule has 2 rings (SSSR count). The molecule has 1 amide bonds. The maximum Gasteiger partial charge on any atom is 0.303 e. The highest BCUT2D eigenvalue weighted by atomic mass is 16.4. The summed E-state index contributed by atoms with van der Waals surface area (Å²) in [7, 11) is 0. The Morgan fingerprint density at radius 2 is 1.94 bits per heavy atom. The Kier molecular flexibility index (Phi) is 4.02. The lowest BCUT2D eigenvalue weighted by Gasteiger charge is -2.31. The second-order valence-corrected chi connectivity index (χ2v) is 5.24. The van der Waals surface area contributed by atoms with Gasteiger partial charge in [-0.2, -0.15) is 0 Å². The number of aliphatic carboxylic acids is 1. The van der Waals surface area contributed by atoms with Crippen molar-refractivity contribution in [3.63, 3.8) is 0 Å². The van der Waals surface area contributed by atoms with Gasteiger partial charge >= 0.3 is 5.97 Å². The standard InChI is InChI=1S/C13H21NO3/c15-12(16)7-6-10-8-9-14(13(10)17)11-4-2-1-3-5-11/h10-11H,1-9H2,(H,15,16). The lowest BCUT2D eigenvalue weighted by atomic mass is 9.94. The van der Waals surface area contributed by atoms with Crippen molar-refractivity contribution in [2.45, 2.75) is 57.4 Å². The molecule has 1 atom stereocenters. The minimum Gasteiger partial charge on any atom is -0.481 e. The lowest BCUT2D eigenvalue weighted by Crippen LogP contribution is -2.38. The molecular formula is C13H21NO3. The summed E-state index contributed by atoms with van der Waals surface area (Å²) >= 11 is 0. The predicted molar refractivity (Wildman–Crippen MR) is 63.6 cm³/mol. The average Bonchev–Trinajstić information content (AvgIpc) is 2.69. The van der Waals surface area contributed by atoms with Gasteiger partial charge in [0.25, 0.3) is 0 Å². The highest BCUT2D eigenvalue weighted by Gasteiger charge is 2.35. The van der Waals surface area contributed by atoms with E-state index in [0.29, 0.717) is 12.5 Å². The molecule has 96 valence electrons. The number of rotatable bonds is 4. The van der Waals surface area contributed by atoms with E-state index in [1.807, 2.05) is 4.90 Å². The molecule has 2 aliphatic rings. The molecule has 0 aromatic carbocycles. The first-order valence-corrected chi connectivity index (χ1v) is 6.71. The quantitative estimate of drug-likeness (QED) is 0.816. The average molecular weight is 239 g/mol. The van der Waals surface area contributed by atoms with Gasteiger partial charge in [0.05, 0.1) is 0 Å². The molecule has 0 bridgehead atoms. The summed E-state index contributed by atoms with van der Waals surface area (Å²) < 4.78 is 0. The van der Waals surface area contributed by atoms with E-state index in [2.05, 4.69) is 0 Å². The van der Waals surface area contributed by atoms with Crippen LogP contribution in [0.3, 0.4) is 0 Å². The van der Waals surface area contributed by atoms with E-state index in [1.165, 1.54) is 19.3 Å². The molecule has 4 heteroatoms. The van der Waals surface area contributed by atoms with Crippen LogP contribution in [0.15, 0.2) is 0 Å². The normalized spacial score (nSPS) is 26.5. The van der Waals surface area contributed by atoms with Crippen LogP contribution >= 0.6 is 0 Å². The second kappa shape index (κ2) is 5.52. The van der Waals surface area contributed by atoms with Crippen LogP contribution in [0.2, 0.25) is 0 Å². The number of carbonyl (C=O) groups excluding carboxylic acids is 1. The smallest absolute Gasteiger partial charge is 0.303 e. The van der Waals surface area contributed by atoms with E-state index in [9.17, 15) is 9.59 Å². The van der Waals surface area contributed by atoms with Crippen LogP contribution in [0.1, 0.15) is 51.4 Å². The van der Waals surface area contributed by atoms with Crippen molar-refractivity contribution in [1.82, 2.24) is 4.90 Å². The van der Waals surface area contributed by atoms with Gasteiger partial charge < -0.3 is 10.0 Å². The largest absolute Gasteiger partial charge is 0.481 e. The summed E-state index contributed by atoms with van der Waals surface area (Å²) in [6.07, 6.45) is 7.51. The van der Waals surface area contributed by atoms with Gasteiger partial charge in [0.2, 0.25) is 5.91 Å². The number of carboxylic acids is 1. The number of hydrogen-bond donors (Lipinski definition) is 1. The highest BCUT2D eigenvalue weighted by molar-refractivity contribution is 5.81. The maximum absolute atomic E-state index is 12.2. The van der Waals surface area contributed by atoms with Gasteiger partial charge in [0, 0.05) is 24.9 Å². The summed E-state index contributed by atoms with van der Waals surface area (Å²) in [4.78, 5) is 24.7. The first kappa shape index (κ1) is 12.4. The van der Waals surface area contributed by atoms with E-state index >= 15 is 0 Å². The van der Waals surface area contributed by atoms with E-state index in [0.717, 1.165) is 25.8 Å². The Balaban J connectivity index is 1.85. The third-order valence-corrected chi connectivity index (χ3v) is 4.07. The third kappa shape index (κ3) is 2.99. The van der Waals surface area contributed by atoms with Crippen LogP contribution < -0.4 is 0 Å². The van der Waals surface area contributed by atoms with Crippen molar-refractivity contribution in [3.8, 4) is 0 Å². The van der Waals surface area contributed by atoms with Crippen molar-refractivity contribution in [3.05, 3.63) is 0 Å². The Labute approximate surface area is 102 Å². The van der Waals surface area contributed by atoms with E-state index in [-0.39, 0.29) is 18.2 Å². The van der Waals surface area contributed by atoms with Gasteiger partial charge in [-0.15, -0.1) is 0 Å². The van der Waals surface area contributed by atoms with Gasteiger partial charge in [-0.05, 0) is 25.7 Å². The van der Waals surface area contributed by atoms with Gasteiger partial charge in [-0.1, -0.05) is 19.3 Å². The Hall–Kier alpha value is -1.06. The Morgan fingerprint density at radius 3 is 2.59 bits per heavy atom. The summed E-state index contributed by atoms with van der Waals surface area (Å²) in [5.41, 5.74) is 0. The fraction of sp³-hybridized carbons (Fsp3) is 0.846. The molecule has 0 radical (unpaired) electrons. The van der Waals surface area contributed by atoms with Crippen LogP contribution in [-0.4, -0.2) is 34.5 Å². The molecule has 1 unspecified atom stereocenters. The van der Waals surface area contributed by atoms with Crippen molar-refractivity contribution < 1.29 is 14.7 Å². The fourth-order valence-electron chi connectivity index (χ4n) is 3.08. The number of amides is 1. The summed E-state index contributed by atoms with van der Waals surface area (Å²) in [6.45, 7) is 0.841. The SMILES string of the molecule is O=C(O)CCC1CCN(C2CCCCC2)C1=O. The van der Waals surface area contributed by atoms with Crippen LogP contribution in [0, 0.1) is 5.92 Å². The van der Waals surface area contributed by atoms with Crippen LogP contribution in [-0.2, 0) is 9.59 Å². The minimum atomic E-state index is -0.797.